The molecule has 0 amide bonds. The zero-order valence-electron chi connectivity index (χ0n) is 11.9. The largest absolute Gasteiger partial charge is 0.396 e. The number of nitriles is 1. The molecule has 0 aliphatic carbocycles. The molecule has 114 valence electrons. The number of aromatic nitrogens is 1. The first-order valence-corrected chi connectivity index (χ1v) is 7.90. The number of anilines is 1. The van der Waals surface area contributed by atoms with E-state index in [1.54, 1.807) is 6.07 Å². The number of pyridine rings is 1. The summed E-state index contributed by atoms with van der Waals surface area (Å²) in [5, 5.41) is 22.0. The summed E-state index contributed by atoms with van der Waals surface area (Å²) in [6, 6.07) is 11.3. The SMILES string of the molecule is CC(CO)C(Nc1ncc(C#N)cc1Cl)c1ccc(Br)cc1. The summed E-state index contributed by atoms with van der Waals surface area (Å²) < 4.78 is 0.987. The molecular weight excluding hydrogens is 366 g/mol. The van der Waals surface area contributed by atoms with Crippen LogP contribution in [0.4, 0.5) is 5.82 Å². The van der Waals surface area contributed by atoms with Gasteiger partial charge >= 0.3 is 0 Å². The molecule has 6 heteroatoms. The lowest BCUT2D eigenvalue weighted by Crippen LogP contribution is -2.22. The average molecular weight is 381 g/mol. The van der Waals surface area contributed by atoms with Crippen molar-refractivity contribution in [2.75, 3.05) is 11.9 Å². The molecule has 1 aromatic heterocycles. The Bertz CT molecular complexity index is 685. The minimum absolute atomic E-state index is 0.0294. The molecule has 0 fully saturated rings. The van der Waals surface area contributed by atoms with Crippen molar-refractivity contribution in [2.45, 2.75) is 13.0 Å². The molecule has 4 nitrogen and oxygen atoms in total. The molecule has 0 aliphatic heterocycles. The lowest BCUT2D eigenvalue weighted by molar-refractivity contribution is 0.222. The van der Waals surface area contributed by atoms with Gasteiger partial charge in [0.1, 0.15) is 11.9 Å². The fraction of sp³-hybridized carbons (Fsp3) is 0.250. The molecule has 2 atom stereocenters. The maximum atomic E-state index is 9.50. The first-order valence-electron chi connectivity index (χ1n) is 6.73. The Morgan fingerprint density at radius 1 is 1.41 bits per heavy atom. The molecular formula is C16H15BrClN3O. The number of aliphatic hydroxyl groups excluding tert-OH is 1. The average Bonchev–Trinajstić information content (AvgIpc) is 2.54. The predicted octanol–water partition coefficient (Wildman–Crippen LogP) is 4.15. The third-order valence-corrected chi connectivity index (χ3v) is 4.17. The number of benzene rings is 1. The molecule has 1 aromatic carbocycles. The van der Waals surface area contributed by atoms with Crippen molar-refractivity contribution in [3.05, 3.63) is 57.2 Å². The Morgan fingerprint density at radius 3 is 2.64 bits per heavy atom. The van der Waals surface area contributed by atoms with E-state index in [4.69, 9.17) is 16.9 Å². The predicted molar refractivity (Wildman–Crippen MR) is 90.7 cm³/mol. The fourth-order valence-corrected chi connectivity index (χ4v) is 2.57. The van der Waals surface area contributed by atoms with Crippen LogP contribution in [0, 0.1) is 17.2 Å². The van der Waals surface area contributed by atoms with Crippen molar-refractivity contribution >= 4 is 33.3 Å². The van der Waals surface area contributed by atoms with Crippen LogP contribution in [-0.4, -0.2) is 16.7 Å². The highest BCUT2D eigenvalue weighted by Crippen LogP contribution is 2.30. The maximum Gasteiger partial charge on any atom is 0.145 e. The molecule has 2 N–H and O–H groups in total. The number of nitrogens with one attached hydrogen (secondary N) is 1. The highest BCUT2D eigenvalue weighted by Gasteiger charge is 2.20. The van der Waals surface area contributed by atoms with Crippen LogP contribution in [0.1, 0.15) is 24.1 Å². The van der Waals surface area contributed by atoms with Crippen molar-refractivity contribution in [1.29, 1.82) is 5.26 Å². The Labute approximate surface area is 142 Å². The van der Waals surface area contributed by atoms with Gasteiger partial charge in [-0.2, -0.15) is 5.26 Å². The topological polar surface area (TPSA) is 68.9 Å². The van der Waals surface area contributed by atoms with Crippen LogP contribution in [0.5, 0.6) is 0 Å². The maximum absolute atomic E-state index is 9.50. The summed E-state index contributed by atoms with van der Waals surface area (Å²) in [7, 11) is 0. The molecule has 0 saturated heterocycles. The fourth-order valence-electron chi connectivity index (χ4n) is 2.08. The second-order valence-electron chi connectivity index (χ2n) is 5.00. The minimum Gasteiger partial charge on any atom is -0.396 e. The number of aliphatic hydroxyl groups is 1. The van der Waals surface area contributed by atoms with Gasteiger partial charge in [0.05, 0.1) is 16.6 Å². The third kappa shape index (κ3) is 3.98. The van der Waals surface area contributed by atoms with Crippen LogP contribution >= 0.6 is 27.5 Å². The standard InChI is InChI=1S/C16H15BrClN3O/c1-10(9-22)15(12-2-4-13(17)5-3-12)21-16-14(18)6-11(7-19)8-20-16/h2-6,8,10,15,22H,9H2,1H3,(H,20,21). The second kappa shape index (κ2) is 7.59. The molecule has 2 unspecified atom stereocenters. The van der Waals surface area contributed by atoms with E-state index in [0.717, 1.165) is 10.0 Å². The molecule has 0 aliphatic rings. The van der Waals surface area contributed by atoms with Gasteiger partial charge in [-0.3, -0.25) is 0 Å². The highest BCUT2D eigenvalue weighted by molar-refractivity contribution is 9.10. The van der Waals surface area contributed by atoms with Gasteiger partial charge in [-0.1, -0.05) is 46.6 Å². The molecule has 1 heterocycles. The second-order valence-corrected chi connectivity index (χ2v) is 6.32. The van der Waals surface area contributed by atoms with E-state index < -0.39 is 0 Å². The van der Waals surface area contributed by atoms with Gasteiger partial charge in [0, 0.05) is 23.2 Å². The van der Waals surface area contributed by atoms with Crippen LogP contribution < -0.4 is 5.32 Å². The smallest absolute Gasteiger partial charge is 0.145 e. The first-order chi connectivity index (χ1) is 10.5. The summed E-state index contributed by atoms with van der Waals surface area (Å²) in [6.45, 7) is 1.97. The molecule has 2 aromatic rings. The van der Waals surface area contributed by atoms with Gasteiger partial charge in [0.2, 0.25) is 0 Å². The molecule has 0 radical (unpaired) electrons. The highest BCUT2D eigenvalue weighted by atomic mass is 79.9. The monoisotopic (exact) mass is 379 g/mol. The molecule has 2 rings (SSSR count). The van der Waals surface area contributed by atoms with E-state index in [-0.39, 0.29) is 18.6 Å². The van der Waals surface area contributed by atoms with E-state index in [9.17, 15) is 5.11 Å². The van der Waals surface area contributed by atoms with Crippen LogP contribution in [0.25, 0.3) is 0 Å². The lowest BCUT2D eigenvalue weighted by atomic mass is 9.95. The van der Waals surface area contributed by atoms with Crippen LogP contribution in [0.3, 0.4) is 0 Å². The zero-order valence-corrected chi connectivity index (χ0v) is 14.3. The normalized spacial score (nSPS) is 13.2. The Hall–Kier alpha value is -1.61. The summed E-state index contributed by atoms with van der Waals surface area (Å²) in [4.78, 5) is 4.19. The third-order valence-electron chi connectivity index (χ3n) is 3.35. The van der Waals surface area contributed by atoms with Gasteiger partial charge in [-0.05, 0) is 23.8 Å². The van der Waals surface area contributed by atoms with Gasteiger partial charge in [0.25, 0.3) is 0 Å². The van der Waals surface area contributed by atoms with Crippen LogP contribution in [0.2, 0.25) is 5.02 Å². The summed E-state index contributed by atoms with van der Waals surface area (Å²) in [5.41, 5.74) is 1.43. The first kappa shape index (κ1) is 16.8. The van der Waals surface area contributed by atoms with Gasteiger partial charge in [-0.15, -0.1) is 0 Å². The molecule has 0 saturated carbocycles. The number of halogens is 2. The van der Waals surface area contributed by atoms with Crippen molar-refractivity contribution in [2.24, 2.45) is 5.92 Å². The molecule has 22 heavy (non-hydrogen) atoms. The number of hydrogen-bond acceptors (Lipinski definition) is 4. The van der Waals surface area contributed by atoms with E-state index in [1.807, 2.05) is 37.3 Å². The van der Waals surface area contributed by atoms with Crippen molar-refractivity contribution < 1.29 is 5.11 Å². The van der Waals surface area contributed by atoms with Crippen molar-refractivity contribution in [3.8, 4) is 6.07 Å². The van der Waals surface area contributed by atoms with Crippen LogP contribution in [0.15, 0.2) is 41.0 Å². The van der Waals surface area contributed by atoms with E-state index in [1.165, 1.54) is 6.20 Å². The zero-order chi connectivity index (χ0) is 16.1. The summed E-state index contributed by atoms with van der Waals surface area (Å²) in [5.74, 6) is 0.462. The quantitative estimate of drug-likeness (QED) is 0.817. The minimum atomic E-state index is -0.143. The summed E-state index contributed by atoms with van der Waals surface area (Å²) >= 11 is 9.58. The number of hydrogen-bond donors (Lipinski definition) is 2. The van der Waals surface area contributed by atoms with Crippen LogP contribution in [-0.2, 0) is 0 Å². The van der Waals surface area contributed by atoms with E-state index in [0.29, 0.717) is 16.4 Å². The lowest BCUT2D eigenvalue weighted by Gasteiger charge is -2.25. The van der Waals surface area contributed by atoms with Gasteiger partial charge in [-0.25, -0.2) is 4.98 Å². The Kier molecular flexibility index (Phi) is 5.78. The van der Waals surface area contributed by atoms with E-state index >= 15 is 0 Å². The van der Waals surface area contributed by atoms with Gasteiger partial charge in [0.15, 0.2) is 0 Å². The Morgan fingerprint density at radius 2 is 2.09 bits per heavy atom. The van der Waals surface area contributed by atoms with Crippen molar-refractivity contribution in [1.82, 2.24) is 4.98 Å². The van der Waals surface area contributed by atoms with Crippen molar-refractivity contribution in [3.63, 3.8) is 0 Å². The summed E-state index contributed by atoms with van der Waals surface area (Å²) in [6.07, 6.45) is 1.47. The molecule has 0 bridgehead atoms. The number of rotatable bonds is 5. The number of nitrogens with zero attached hydrogens (tertiary/aromatic N) is 2. The molecule has 0 spiro atoms. The van der Waals surface area contributed by atoms with Gasteiger partial charge < -0.3 is 10.4 Å². The van der Waals surface area contributed by atoms with E-state index in [2.05, 4.69) is 26.2 Å². The Balaban J connectivity index is 2.31.